The van der Waals surface area contributed by atoms with Crippen LogP contribution in [0.5, 0.6) is 11.5 Å². The van der Waals surface area contributed by atoms with E-state index in [-0.39, 0.29) is 18.4 Å². The number of ether oxygens (including phenoxy) is 2. The van der Waals surface area contributed by atoms with Crippen molar-refractivity contribution in [2.24, 2.45) is 5.92 Å². The molecule has 0 atom stereocenters. The quantitative estimate of drug-likeness (QED) is 0.635. The van der Waals surface area contributed by atoms with E-state index >= 15 is 0 Å². The first kappa shape index (κ1) is 21.8. The largest absolute Gasteiger partial charge is 0.493 e. The van der Waals surface area contributed by atoms with E-state index in [4.69, 9.17) is 9.47 Å². The molecule has 2 aromatic rings. The fourth-order valence-corrected chi connectivity index (χ4v) is 2.88. The molecule has 2 rings (SSSR count). The zero-order valence-electron chi connectivity index (χ0n) is 16.5. The van der Waals surface area contributed by atoms with Gasteiger partial charge in [0, 0.05) is 15.7 Å². The van der Waals surface area contributed by atoms with Crippen molar-refractivity contribution < 1.29 is 19.1 Å². The molecule has 0 heterocycles. The Labute approximate surface area is 173 Å². The van der Waals surface area contributed by atoms with Crippen molar-refractivity contribution in [3.8, 4) is 11.5 Å². The minimum Gasteiger partial charge on any atom is -0.493 e. The molecular weight excluding hydrogens is 424 g/mol. The number of anilines is 1. The van der Waals surface area contributed by atoms with Gasteiger partial charge >= 0.3 is 0 Å². The highest BCUT2D eigenvalue weighted by molar-refractivity contribution is 9.10. The predicted molar refractivity (Wildman–Crippen MR) is 113 cm³/mol. The predicted octanol–water partition coefficient (Wildman–Crippen LogP) is 4.17. The van der Waals surface area contributed by atoms with Crippen molar-refractivity contribution in [1.82, 2.24) is 5.32 Å². The van der Waals surface area contributed by atoms with Crippen molar-refractivity contribution in [3.05, 3.63) is 52.0 Å². The molecule has 0 saturated heterocycles. The normalized spacial score (nSPS) is 10.5. The van der Waals surface area contributed by atoms with Gasteiger partial charge in [-0.05, 0) is 54.8 Å². The van der Waals surface area contributed by atoms with Gasteiger partial charge in [-0.1, -0.05) is 29.8 Å². The average molecular weight is 449 g/mol. The zero-order valence-corrected chi connectivity index (χ0v) is 18.1. The van der Waals surface area contributed by atoms with E-state index in [0.29, 0.717) is 35.3 Å². The Morgan fingerprint density at radius 3 is 2.50 bits per heavy atom. The molecule has 0 unspecified atom stereocenters. The lowest BCUT2D eigenvalue weighted by molar-refractivity contribution is -0.115. The highest BCUT2D eigenvalue weighted by Crippen LogP contribution is 2.28. The summed E-state index contributed by atoms with van der Waals surface area (Å²) in [6.07, 6.45) is 0. The molecule has 28 heavy (non-hydrogen) atoms. The van der Waals surface area contributed by atoms with Crippen LogP contribution in [0.15, 0.2) is 40.9 Å². The molecule has 7 heteroatoms. The van der Waals surface area contributed by atoms with Crippen LogP contribution in [-0.4, -0.2) is 32.1 Å². The van der Waals surface area contributed by atoms with Gasteiger partial charge in [-0.2, -0.15) is 0 Å². The number of carbonyl (C=O) groups excluding carboxylic acids is 2. The van der Waals surface area contributed by atoms with E-state index in [1.165, 1.54) is 7.11 Å². The Kier molecular flexibility index (Phi) is 7.87. The van der Waals surface area contributed by atoms with Crippen LogP contribution in [0, 0.1) is 12.8 Å². The van der Waals surface area contributed by atoms with Crippen LogP contribution in [0.1, 0.15) is 29.8 Å². The highest BCUT2D eigenvalue weighted by Gasteiger charge is 2.13. The number of halogens is 1. The monoisotopic (exact) mass is 448 g/mol. The minimum absolute atomic E-state index is 0.137. The number of amides is 2. The lowest BCUT2D eigenvalue weighted by Gasteiger charge is -2.14. The molecule has 0 saturated carbocycles. The van der Waals surface area contributed by atoms with Crippen molar-refractivity contribution in [2.75, 3.05) is 25.6 Å². The van der Waals surface area contributed by atoms with Gasteiger partial charge in [-0.3, -0.25) is 9.59 Å². The number of hydrogen-bond acceptors (Lipinski definition) is 4. The highest BCUT2D eigenvalue weighted by atomic mass is 79.9. The van der Waals surface area contributed by atoms with Crippen molar-refractivity contribution >= 4 is 33.4 Å². The third kappa shape index (κ3) is 6.27. The molecule has 2 N–H and O–H groups in total. The summed E-state index contributed by atoms with van der Waals surface area (Å²) >= 11 is 3.38. The van der Waals surface area contributed by atoms with Crippen molar-refractivity contribution in [2.45, 2.75) is 20.8 Å². The standard InChI is InChI=1S/C21H25BrN2O4/c1-13(2)12-28-18-8-5-15(10-19(18)27-4)21(26)23-11-20(25)24-17-7-6-16(22)9-14(17)3/h5-10,13H,11-12H2,1-4H3,(H,23,26)(H,24,25). The summed E-state index contributed by atoms with van der Waals surface area (Å²) in [5, 5.41) is 5.40. The van der Waals surface area contributed by atoms with Crippen molar-refractivity contribution in [3.63, 3.8) is 0 Å². The molecule has 0 aliphatic carbocycles. The summed E-state index contributed by atoms with van der Waals surface area (Å²) in [5.41, 5.74) is 2.02. The Bertz CT molecular complexity index is 852. The van der Waals surface area contributed by atoms with Gasteiger partial charge in [0.25, 0.3) is 5.91 Å². The maximum Gasteiger partial charge on any atom is 0.251 e. The Morgan fingerprint density at radius 1 is 1.11 bits per heavy atom. The molecule has 150 valence electrons. The van der Waals surface area contributed by atoms with E-state index in [0.717, 1.165) is 10.0 Å². The molecule has 0 fully saturated rings. The van der Waals surface area contributed by atoms with Gasteiger partial charge in [-0.15, -0.1) is 0 Å². The fourth-order valence-electron chi connectivity index (χ4n) is 2.41. The number of benzene rings is 2. The third-order valence-corrected chi connectivity index (χ3v) is 4.36. The van der Waals surface area contributed by atoms with Crippen LogP contribution in [0.3, 0.4) is 0 Å². The molecule has 2 aromatic carbocycles. The fraction of sp³-hybridized carbons (Fsp3) is 0.333. The second-order valence-corrected chi connectivity index (χ2v) is 7.68. The van der Waals surface area contributed by atoms with E-state index in [1.54, 1.807) is 24.3 Å². The van der Waals surface area contributed by atoms with Gasteiger partial charge in [0.15, 0.2) is 11.5 Å². The molecular formula is C21H25BrN2O4. The molecule has 6 nitrogen and oxygen atoms in total. The first-order valence-corrected chi connectivity index (χ1v) is 9.74. The van der Waals surface area contributed by atoms with E-state index in [9.17, 15) is 9.59 Å². The molecule has 0 aliphatic heterocycles. The average Bonchev–Trinajstić information content (AvgIpc) is 2.66. The van der Waals surface area contributed by atoms with E-state index < -0.39 is 0 Å². The van der Waals surface area contributed by atoms with Crippen LogP contribution in [-0.2, 0) is 4.79 Å². The van der Waals surface area contributed by atoms with E-state index in [2.05, 4.69) is 40.4 Å². The Morgan fingerprint density at radius 2 is 1.86 bits per heavy atom. The lowest BCUT2D eigenvalue weighted by atomic mass is 10.2. The number of rotatable bonds is 8. The maximum atomic E-state index is 12.4. The SMILES string of the molecule is COc1cc(C(=O)NCC(=O)Nc2ccc(Br)cc2C)ccc1OCC(C)C. The van der Waals surface area contributed by atoms with Crippen LogP contribution in [0.4, 0.5) is 5.69 Å². The van der Waals surface area contributed by atoms with E-state index in [1.807, 2.05) is 19.1 Å². The maximum absolute atomic E-state index is 12.4. The summed E-state index contributed by atoms with van der Waals surface area (Å²) in [5.74, 6) is 0.763. The molecule has 0 radical (unpaired) electrons. The van der Waals surface area contributed by atoms with Crippen molar-refractivity contribution in [1.29, 1.82) is 0 Å². The molecule has 0 spiro atoms. The molecule has 0 aliphatic rings. The van der Waals surface area contributed by atoms with Gasteiger partial charge in [-0.25, -0.2) is 0 Å². The number of methoxy groups -OCH3 is 1. The summed E-state index contributed by atoms with van der Waals surface area (Å²) in [6, 6.07) is 10.5. The topological polar surface area (TPSA) is 76.7 Å². The van der Waals surface area contributed by atoms with Crippen LogP contribution >= 0.6 is 15.9 Å². The number of hydrogen-bond donors (Lipinski definition) is 2. The number of aryl methyl sites for hydroxylation is 1. The smallest absolute Gasteiger partial charge is 0.251 e. The first-order valence-electron chi connectivity index (χ1n) is 8.95. The number of carbonyl (C=O) groups is 2. The Hall–Kier alpha value is -2.54. The van der Waals surface area contributed by atoms with Crippen LogP contribution in [0.2, 0.25) is 0 Å². The van der Waals surface area contributed by atoms with Crippen LogP contribution < -0.4 is 20.1 Å². The van der Waals surface area contributed by atoms with Gasteiger partial charge < -0.3 is 20.1 Å². The molecule has 0 aromatic heterocycles. The summed E-state index contributed by atoms with van der Waals surface area (Å²) in [7, 11) is 1.52. The molecule has 0 bridgehead atoms. The Balaban J connectivity index is 1.95. The summed E-state index contributed by atoms with van der Waals surface area (Å²) in [4.78, 5) is 24.5. The summed E-state index contributed by atoms with van der Waals surface area (Å²) < 4.78 is 11.9. The number of nitrogens with one attached hydrogen (secondary N) is 2. The third-order valence-electron chi connectivity index (χ3n) is 3.87. The summed E-state index contributed by atoms with van der Waals surface area (Å²) in [6.45, 7) is 6.41. The van der Waals surface area contributed by atoms with Gasteiger partial charge in [0.2, 0.25) is 5.91 Å². The lowest BCUT2D eigenvalue weighted by Crippen LogP contribution is -2.33. The first-order chi connectivity index (χ1) is 13.3. The second kappa shape index (κ2) is 10.1. The van der Waals surface area contributed by atoms with Gasteiger partial charge in [0.05, 0.1) is 20.3 Å². The van der Waals surface area contributed by atoms with Gasteiger partial charge in [0.1, 0.15) is 0 Å². The second-order valence-electron chi connectivity index (χ2n) is 6.76. The van der Waals surface area contributed by atoms with Crippen LogP contribution in [0.25, 0.3) is 0 Å². The minimum atomic E-state index is -0.364. The molecule has 2 amide bonds. The zero-order chi connectivity index (χ0) is 20.7.